The number of rotatable bonds is 6. The molecule has 0 fully saturated rings. The Labute approximate surface area is 73.4 Å². The van der Waals surface area contributed by atoms with Gasteiger partial charge in [-0.2, -0.15) is 0 Å². The van der Waals surface area contributed by atoms with Crippen LogP contribution in [0.15, 0.2) is 4.99 Å². The van der Waals surface area contributed by atoms with E-state index in [0.29, 0.717) is 19.8 Å². The Morgan fingerprint density at radius 3 is 2.50 bits per heavy atom. The van der Waals surface area contributed by atoms with Crippen molar-refractivity contribution in [3.63, 3.8) is 0 Å². The van der Waals surface area contributed by atoms with Gasteiger partial charge in [0.1, 0.15) is 0 Å². The molecule has 72 valence electrons. The molecule has 12 heavy (non-hydrogen) atoms. The minimum absolute atomic E-state index is 0.117. The molecule has 0 heterocycles. The average Bonchev–Trinajstić information content (AvgIpc) is 1.95. The summed E-state index contributed by atoms with van der Waals surface area (Å²) < 4.78 is 5.24. The van der Waals surface area contributed by atoms with E-state index in [9.17, 15) is 0 Å². The summed E-state index contributed by atoms with van der Waals surface area (Å²) in [5.74, 6) is 0.117. The molecule has 0 saturated carbocycles. The fourth-order valence-electron chi connectivity index (χ4n) is 0.588. The van der Waals surface area contributed by atoms with Gasteiger partial charge in [0.15, 0.2) is 5.96 Å². The minimum Gasteiger partial charge on any atom is -0.378 e. The molecule has 0 aromatic heterocycles. The van der Waals surface area contributed by atoms with Gasteiger partial charge in [0.2, 0.25) is 0 Å². The predicted molar refractivity (Wildman–Crippen MR) is 50.0 cm³/mol. The summed E-state index contributed by atoms with van der Waals surface area (Å²) in [5, 5.41) is 0. The van der Waals surface area contributed by atoms with Crippen LogP contribution in [0.2, 0.25) is 0 Å². The van der Waals surface area contributed by atoms with Gasteiger partial charge in [0.25, 0.3) is 0 Å². The molecule has 5 heteroatoms. The largest absolute Gasteiger partial charge is 0.378 e. The van der Waals surface area contributed by atoms with Gasteiger partial charge in [-0.3, -0.25) is 4.99 Å². The van der Waals surface area contributed by atoms with E-state index in [1.165, 1.54) is 0 Å². The van der Waals surface area contributed by atoms with E-state index in [1.54, 1.807) is 0 Å². The lowest BCUT2D eigenvalue weighted by Crippen LogP contribution is -2.24. The molecule has 0 amide bonds. The van der Waals surface area contributed by atoms with Crippen LogP contribution in [-0.4, -0.2) is 51.3 Å². The molecule has 0 bridgehead atoms. The molecule has 0 aromatic carbocycles. The lowest BCUT2D eigenvalue weighted by Gasteiger charge is -2.08. The SMILES string of the molecule is CN(C)CCOCCN=C(N)N. The molecule has 0 rings (SSSR count). The zero-order chi connectivity index (χ0) is 9.40. The second-order valence-corrected chi connectivity index (χ2v) is 2.72. The van der Waals surface area contributed by atoms with E-state index in [4.69, 9.17) is 16.2 Å². The number of ether oxygens (including phenoxy) is 1. The Morgan fingerprint density at radius 2 is 2.00 bits per heavy atom. The summed E-state index contributed by atoms with van der Waals surface area (Å²) in [5.41, 5.74) is 10.2. The molecule has 0 radical (unpaired) electrons. The zero-order valence-corrected chi connectivity index (χ0v) is 7.79. The van der Waals surface area contributed by atoms with E-state index >= 15 is 0 Å². The summed E-state index contributed by atoms with van der Waals surface area (Å²) >= 11 is 0. The highest BCUT2D eigenvalue weighted by Crippen LogP contribution is 1.79. The Kier molecular flexibility index (Phi) is 6.41. The molecule has 0 aromatic rings. The lowest BCUT2D eigenvalue weighted by atomic mass is 10.6. The molecule has 0 spiro atoms. The summed E-state index contributed by atoms with van der Waals surface area (Å²) in [6.45, 7) is 2.75. The number of nitrogens with two attached hydrogens (primary N) is 2. The van der Waals surface area contributed by atoms with Crippen molar-refractivity contribution in [3.05, 3.63) is 0 Å². The topological polar surface area (TPSA) is 76.9 Å². The number of hydrogen-bond acceptors (Lipinski definition) is 3. The van der Waals surface area contributed by atoms with Gasteiger partial charge in [-0.15, -0.1) is 0 Å². The van der Waals surface area contributed by atoms with Crippen LogP contribution in [0.1, 0.15) is 0 Å². The first-order valence-corrected chi connectivity index (χ1v) is 3.91. The second-order valence-electron chi connectivity index (χ2n) is 2.72. The maximum absolute atomic E-state index is 5.24. The van der Waals surface area contributed by atoms with E-state index < -0.39 is 0 Å². The molecule has 5 nitrogen and oxygen atoms in total. The molecule has 0 aliphatic carbocycles. The van der Waals surface area contributed by atoms with Crippen molar-refractivity contribution >= 4 is 5.96 Å². The van der Waals surface area contributed by atoms with E-state index in [0.717, 1.165) is 6.54 Å². The van der Waals surface area contributed by atoms with Gasteiger partial charge in [-0.05, 0) is 14.1 Å². The van der Waals surface area contributed by atoms with Crippen molar-refractivity contribution in [1.29, 1.82) is 0 Å². The molecule has 0 atom stereocenters. The third-order valence-corrected chi connectivity index (χ3v) is 1.21. The average molecular weight is 174 g/mol. The minimum atomic E-state index is 0.117. The summed E-state index contributed by atoms with van der Waals surface area (Å²) in [6.07, 6.45) is 0. The highest BCUT2D eigenvalue weighted by atomic mass is 16.5. The molecular weight excluding hydrogens is 156 g/mol. The van der Waals surface area contributed by atoms with E-state index in [2.05, 4.69) is 9.89 Å². The first kappa shape index (κ1) is 11.2. The number of nitrogens with zero attached hydrogens (tertiary/aromatic N) is 2. The molecule has 0 unspecified atom stereocenters. The van der Waals surface area contributed by atoms with Crippen molar-refractivity contribution in [2.45, 2.75) is 0 Å². The van der Waals surface area contributed by atoms with Gasteiger partial charge in [-0.25, -0.2) is 0 Å². The molecule has 4 N–H and O–H groups in total. The van der Waals surface area contributed by atoms with Gasteiger partial charge in [0.05, 0.1) is 19.8 Å². The Bertz CT molecular complexity index is 131. The quantitative estimate of drug-likeness (QED) is 0.302. The van der Waals surface area contributed by atoms with Gasteiger partial charge < -0.3 is 21.1 Å². The maximum atomic E-state index is 5.24. The lowest BCUT2D eigenvalue weighted by molar-refractivity contribution is 0.124. The van der Waals surface area contributed by atoms with Gasteiger partial charge in [-0.1, -0.05) is 0 Å². The van der Waals surface area contributed by atoms with Crippen LogP contribution in [0, 0.1) is 0 Å². The smallest absolute Gasteiger partial charge is 0.185 e. The first-order valence-electron chi connectivity index (χ1n) is 3.91. The zero-order valence-electron chi connectivity index (χ0n) is 7.79. The second kappa shape index (κ2) is 6.87. The highest BCUT2D eigenvalue weighted by molar-refractivity contribution is 5.75. The van der Waals surface area contributed by atoms with Crippen LogP contribution in [0.5, 0.6) is 0 Å². The van der Waals surface area contributed by atoms with Crippen LogP contribution in [0.4, 0.5) is 0 Å². The number of aliphatic imine (C=N–C) groups is 1. The number of likely N-dealkylation sites (N-methyl/N-ethyl adjacent to an activating group) is 1. The fourth-order valence-corrected chi connectivity index (χ4v) is 0.588. The standard InChI is InChI=1S/C7H18N4O/c1-11(2)4-6-12-5-3-10-7(8)9/h3-6H2,1-2H3,(H4,8,9,10). The van der Waals surface area contributed by atoms with Crippen LogP contribution < -0.4 is 11.5 Å². The predicted octanol–water partition coefficient (Wildman–Crippen LogP) is -1.16. The van der Waals surface area contributed by atoms with Gasteiger partial charge in [0, 0.05) is 6.54 Å². The van der Waals surface area contributed by atoms with Crippen LogP contribution in [-0.2, 0) is 4.74 Å². The molecule has 0 aliphatic heterocycles. The summed E-state index contributed by atoms with van der Waals surface area (Å²) in [7, 11) is 4.00. The fraction of sp³-hybridized carbons (Fsp3) is 0.857. The maximum Gasteiger partial charge on any atom is 0.185 e. The third-order valence-electron chi connectivity index (χ3n) is 1.21. The van der Waals surface area contributed by atoms with Gasteiger partial charge >= 0.3 is 0 Å². The Hall–Kier alpha value is -0.810. The summed E-state index contributed by atoms with van der Waals surface area (Å²) in [4.78, 5) is 5.83. The molecular formula is C7H18N4O. The monoisotopic (exact) mass is 174 g/mol. The van der Waals surface area contributed by atoms with E-state index in [-0.39, 0.29) is 5.96 Å². The normalized spacial score (nSPS) is 10.2. The van der Waals surface area contributed by atoms with Crippen LogP contribution in [0.3, 0.4) is 0 Å². The van der Waals surface area contributed by atoms with Crippen molar-refractivity contribution in [2.75, 3.05) is 40.4 Å². The summed E-state index contributed by atoms with van der Waals surface area (Å²) in [6, 6.07) is 0. The molecule has 0 saturated heterocycles. The Balaban J connectivity index is 3.06. The highest BCUT2D eigenvalue weighted by Gasteiger charge is 1.89. The third kappa shape index (κ3) is 9.19. The molecule has 0 aliphatic rings. The van der Waals surface area contributed by atoms with Crippen molar-refractivity contribution < 1.29 is 4.74 Å². The Morgan fingerprint density at radius 1 is 1.33 bits per heavy atom. The van der Waals surface area contributed by atoms with Crippen molar-refractivity contribution in [3.8, 4) is 0 Å². The van der Waals surface area contributed by atoms with Crippen molar-refractivity contribution in [2.24, 2.45) is 16.5 Å². The van der Waals surface area contributed by atoms with Crippen LogP contribution >= 0.6 is 0 Å². The first-order chi connectivity index (χ1) is 5.63. The number of guanidine groups is 1. The van der Waals surface area contributed by atoms with E-state index in [1.807, 2.05) is 14.1 Å². The van der Waals surface area contributed by atoms with Crippen LogP contribution in [0.25, 0.3) is 0 Å². The van der Waals surface area contributed by atoms with Crippen molar-refractivity contribution in [1.82, 2.24) is 4.90 Å². The number of hydrogen-bond donors (Lipinski definition) is 2.